The summed E-state index contributed by atoms with van der Waals surface area (Å²) in [6.45, 7) is 1.94. The average Bonchev–Trinajstić information content (AvgIpc) is 3.38. The van der Waals surface area contributed by atoms with Crippen LogP contribution in [0.25, 0.3) is 11.3 Å². The van der Waals surface area contributed by atoms with Crippen LogP contribution in [-0.2, 0) is 0 Å². The molecule has 2 aromatic rings. The third kappa shape index (κ3) is 2.72. The lowest BCUT2D eigenvalue weighted by molar-refractivity contribution is 0.493. The van der Waals surface area contributed by atoms with Crippen LogP contribution in [0.5, 0.6) is 0 Å². The van der Waals surface area contributed by atoms with Gasteiger partial charge in [-0.1, -0.05) is 0 Å². The molecule has 2 aliphatic heterocycles. The molecule has 8 heteroatoms. The van der Waals surface area contributed by atoms with Gasteiger partial charge in [0.15, 0.2) is 6.17 Å². The van der Waals surface area contributed by atoms with Crippen LogP contribution in [0.15, 0.2) is 40.4 Å². The van der Waals surface area contributed by atoms with E-state index in [0.29, 0.717) is 11.6 Å². The predicted molar refractivity (Wildman–Crippen MR) is 103 cm³/mol. The molecule has 0 spiro atoms. The van der Waals surface area contributed by atoms with E-state index < -0.39 is 17.8 Å². The minimum Gasteiger partial charge on any atom is -0.369 e. The number of nitrogens with zero attached hydrogens (tertiary/aromatic N) is 4. The predicted octanol–water partition coefficient (Wildman–Crippen LogP) is 2.92. The van der Waals surface area contributed by atoms with Crippen molar-refractivity contribution >= 4 is 23.6 Å². The first kappa shape index (κ1) is 16.9. The van der Waals surface area contributed by atoms with Gasteiger partial charge in [0.2, 0.25) is 5.96 Å². The number of aliphatic imine (C=N–C) groups is 1. The number of hydrazone groups is 1. The second kappa shape index (κ2) is 6.12. The van der Waals surface area contributed by atoms with Gasteiger partial charge in [-0.25, -0.2) is 13.8 Å². The molecule has 1 atom stereocenters. The number of hydrogen-bond acceptors (Lipinski definition) is 6. The molecule has 0 radical (unpaired) electrons. The van der Waals surface area contributed by atoms with Crippen molar-refractivity contribution in [3.8, 4) is 0 Å². The van der Waals surface area contributed by atoms with Crippen molar-refractivity contribution in [2.45, 2.75) is 31.8 Å². The summed E-state index contributed by atoms with van der Waals surface area (Å²) in [7, 11) is 0. The number of nitrogens with two attached hydrogens (primary N) is 1. The Morgan fingerprint density at radius 1 is 1.18 bits per heavy atom. The Balaban J connectivity index is 1.75. The molecular formula is C20H18F2N6. The maximum Gasteiger partial charge on any atom is 0.203 e. The zero-order valence-electron chi connectivity index (χ0n) is 15.2. The first-order chi connectivity index (χ1) is 13.5. The van der Waals surface area contributed by atoms with Gasteiger partial charge in [0.25, 0.3) is 0 Å². The van der Waals surface area contributed by atoms with Crippen molar-refractivity contribution in [1.29, 1.82) is 0 Å². The Kier molecular flexibility index (Phi) is 3.68. The standard InChI is InChI=1S/C20H18F2N6/c1-10-6-12(7-16(25-10)11-2-3-11)17-18(14-5-4-13(21)8-15(14)22)26-20(23)28-9-24-27-19(17)28/h4-9,11,19,27H,2-3H2,1H3,(H2,23,26). The van der Waals surface area contributed by atoms with E-state index in [1.54, 1.807) is 11.2 Å². The average molecular weight is 380 g/mol. The lowest BCUT2D eigenvalue weighted by Gasteiger charge is -2.31. The lowest BCUT2D eigenvalue weighted by atomic mass is 9.94. The number of pyridine rings is 1. The first-order valence-electron chi connectivity index (χ1n) is 9.11. The highest BCUT2D eigenvalue weighted by atomic mass is 19.1. The van der Waals surface area contributed by atoms with Crippen molar-refractivity contribution in [3.63, 3.8) is 0 Å². The second-order valence-corrected chi connectivity index (χ2v) is 7.24. The van der Waals surface area contributed by atoms with E-state index in [1.807, 2.05) is 19.1 Å². The van der Waals surface area contributed by atoms with E-state index in [4.69, 9.17) is 5.73 Å². The molecule has 142 valence electrons. The third-order valence-corrected chi connectivity index (χ3v) is 5.14. The van der Waals surface area contributed by atoms with Gasteiger partial charge in [0.05, 0.1) is 5.70 Å². The maximum absolute atomic E-state index is 14.6. The van der Waals surface area contributed by atoms with Gasteiger partial charge in [-0.3, -0.25) is 15.3 Å². The summed E-state index contributed by atoms with van der Waals surface area (Å²) in [5.41, 5.74) is 13.1. The fourth-order valence-corrected chi connectivity index (χ4v) is 3.67. The number of aryl methyl sites for hydroxylation is 1. The summed E-state index contributed by atoms with van der Waals surface area (Å²) in [5, 5.41) is 4.10. The Labute approximate surface area is 160 Å². The van der Waals surface area contributed by atoms with E-state index in [0.717, 1.165) is 41.4 Å². The Bertz CT molecular complexity index is 1070. The Hall–Kier alpha value is -3.29. The van der Waals surface area contributed by atoms with Crippen LogP contribution in [0.3, 0.4) is 0 Å². The minimum absolute atomic E-state index is 0.189. The molecule has 1 aromatic carbocycles. The summed E-state index contributed by atoms with van der Waals surface area (Å²) in [6.07, 6.45) is 3.37. The van der Waals surface area contributed by atoms with E-state index in [9.17, 15) is 8.78 Å². The van der Waals surface area contributed by atoms with Crippen LogP contribution in [0.1, 0.15) is 41.3 Å². The van der Waals surface area contributed by atoms with Crippen molar-refractivity contribution in [3.05, 3.63) is 64.5 Å². The molecule has 0 amide bonds. The van der Waals surface area contributed by atoms with Gasteiger partial charge in [-0.05, 0) is 49.6 Å². The van der Waals surface area contributed by atoms with Gasteiger partial charge in [-0.2, -0.15) is 5.10 Å². The van der Waals surface area contributed by atoms with E-state index >= 15 is 0 Å². The second-order valence-electron chi connectivity index (χ2n) is 7.24. The van der Waals surface area contributed by atoms with Crippen LogP contribution in [-0.4, -0.2) is 28.3 Å². The Morgan fingerprint density at radius 3 is 2.75 bits per heavy atom. The van der Waals surface area contributed by atoms with Crippen molar-refractivity contribution < 1.29 is 8.78 Å². The van der Waals surface area contributed by atoms with Crippen molar-refractivity contribution in [1.82, 2.24) is 15.3 Å². The SMILES string of the molecule is Cc1cc(C2=C(c3ccc(F)cc3F)N=C(N)N3C=NNC23)cc(C2CC2)n1. The first-order valence-corrected chi connectivity index (χ1v) is 9.11. The molecule has 3 N–H and O–H groups in total. The van der Waals surface area contributed by atoms with E-state index in [-0.39, 0.29) is 11.5 Å². The topological polar surface area (TPSA) is 78.9 Å². The van der Waals surface area contributed by atoms with Crippen LogP contribution in [0, 0.1) is 18.6 Å². The molecule has 0 saturated heterocycles. The molecule has 6 nitrogen and oxygen atoms in total. The highest BCUT2D eigenvalue weighted by Gasteiger charge is 2.36. The molecule has 1 unspecified atom stereocenters. The molecule has 1 fully saturated rings. The van der Waals surface area contributed by atoms with Crippen molar-refractivity contribution in [2.24, 2.45) is 15.8 Å². The van der Waals surface area contributed by atoms with Crippen LogP contribution in [0.4, 0.5) is 8.78 Å². The number of hydrogen-bond donors (Lipinski definition) is 2. The fraction of sp³-hybridized carbons (Fsp3) is 0.250. The molecule has 5 rings (SSSR count). The number of benzene rings is 1. The van der Waals surface area contributed by atoms with Gasteiger partial charge >= 0.3 is 0 Å². The van der Waals surface area contributed by atoms with Crippen molar-refractivity contribution in [2.75, 3.05) is 0 Å². The summed E-state index contributed by atoms with van der Waals surface area (Å²) in [6, 6.07) is 7.42. The summed E-state index contributed by atoms with van der Waals surface area (Å²) >= 11 is 0. The summed E-state index contributed by atoms with van der Waals surface area (Å²) in [5.74, 6) is -0.679. The zero-order chi connectivity index (χ0) is 19.4. The quantitative estimate of drug-likeness (QED) is 0.858. The molecule has 28 heavy (non-hydrogen) atoms. The normalized spacial score (nSPS) is 20.9. The van der Waals surface area contributed by atoms with Gasteiger partial charge < -0.3 is 5.73 Å². The minimum atomic E-state index is -0.690. The molecule has 3 aliphatic rings. The zero-order valence-corrected chi connectivity index (χ0v) is 15.2. The van der Waals surface area contributed by atoms with Crippen LogP contribution in [0.2, 0.25) is 0 Å². The van der Waals surface area contributed by atoms with E-state index in [1.165, 1.54) is 12.1 Å². The molecule has 0 bridgehead atoms. The van der Waals surface area contributed by atoms with Gasteiger partial charge in [0.1, 0.15) is 18.0 Å². The molecule has 1 aromatic heterocycles. The molecular weight excluding hydrogens is 362 g/mol. The van der Waals surface area contributed by atoms with E-state index in [2.05, 4.69) is 20.5 Å². The number of fused-ring (bicyclic) bond motifs is 1. The third-order valence-electron chi connectivity index (χ3n) is 5.14. The maximum atomic E-state index is 14.6. The summed E-state index contributed by atoms with van der Waals surface area (Å²) in [4.78, 5) is 10.8. The largest absolute Gasteiger partial charge is 0.369 e. The van der Waals surface area contributed by atoms with Gasteiger partial charge in [0, 0.05) is 34.5 Å². The van der Waals surface area contributed by atoms with Crippen LogP contribution < -0.4 is 11.2 Å². The number of nitrogens with one attached hydrogen (secondary N) is 1. The van der Waals surface area contributed by atoms with Gasteiger partial charge in [-0.15, -0.1) is 0 Å². The number of halogens is 2. The number of guanidine groups is 1. The lowest BCUT2D eigenvalue weighted by Crippen LogP contribution is -2.48. The fourth-order valence-electron chi connectivity index (χ4n) is 3.67. The number of aromatic nitrogens is 1. The monoisotopic (exact) mass is 380 g/mol. The number of rotatable bonds is 3. The van der Waals surface area contributed by atoms with Crippen LogP contribution >= 0.6 is 0 Å². The highest BCUT2D eigenvalue weighted by Crippen LogP contribution is 2.42. The molecule has 3 heterocycles. The highest BCUT2D eigenvalue weighted by molar-refractivity contribution is 6.05. The molecule has 1 aliphatic carbocycles. The smallest absolute Gasteiger partial charge is 0.203 e. The summed E-state index contributed by atoms with van der Waals surface area (Å²) < 4.78 is 28.1. The molecule has 1 saturated carbocycles. The Morgan fingerprint density at radius 2 is 2.00 bits per heavy atom.